The summed E-state index contributed by atoms with van der Waals surface area (Å²) in [5.74, 6) is 1.45. The summed E-state index contributed by atoms with van der Waals surface area (Å²) in [5, 5.41) is 7.20. The van der Waals surface area contributed by atoms with Crippen LogP contribution in [0, 0.1) is 0 Å². The highest BCUT2D eigenvalue weighted by Gasteiger charge is 2.17. The molecule has 0 aliphatic carbocycles. The van der Waals surface area contributed by atoms with Gasteiger partial charge in [0.15, 0.2) is 11.6 Å². The first kappa shape index (κ1) is 10.6. The highest BCUT2D eigenvalue weighted by molar-refractivity contribution is 6.31. The summed E-state index contributed by atoms with van der Waals surface area (Å²) >= 11 is 5.99. The maximum Gasteiger partial charge on any atom is 0.174 e. The van der Waals surface area contributed by atoms with E-state index in [0.29, 0.717) is 10.8 Å². The van der Waals surface area contributed by atoms with E-state index in [1.807, 2.05) is 42.5 Å². The van der Waals surface area contributed by atoms with Gasteiger partial charge in [0.2, 0.25) is 0 Å². The van der Waals surface area contributed by atoms with Gasteiger partial charge in [-0.05, 0) is 30.3 Å². The SMILES string of the molecule is Clc1ccc2c(c1)Nc1nc3ccccc3nc1N2. The van der Waals surface area contributed by atoms with Crippen molar-refractivity contribution < 1.29 is 0 Å². The third-order valence-corrected chi connectivity index (χ3v) is 3.29. The van der Waals surface area contributed by atoms with E-state index in [2.05, 4.69) is 20.6 Å². The molecule has 0 atom stereocenters. The minimum Gasteiger partial charge on any atom is -0.335 e. The van der Waals surface area contributed by atoms with E-state index >= 15 is 0 Å². The van der Waals surface area contributed by atoms with E-state index in [-0.39, 0.29) is 0 Å². The molecule has 4 rings (SSSR count). The Labute approximate surface area is 114 Å². The summed E-state index contributed by atoms with van der Waals surface area (Å²) in [6.07, 6.45) is 0. The van der Waals surface area contributed by atoms with Gasteiger partial charge in [-0.25, -0.2) is 9.97 Å². The third-order valence-electron chi connectivity index (χ3n) is 3.06. The van der Waals surface area contributed by atoms with Crippen molar-refractivity contribution in [3.63, 3.8) is 0 Å². The lowest BCUT2D eigenvalue weighted by Gasteiger charge is -2.21. The van der Waals surface area contributed by atoms with Crippen LogP contribution in [0.5, 0.6) is 0 Å². The van der Waals surface area contributed by atoms with Crippen LogP contribution in [-0.2, 0) is 0 Å². The molecule has 0 unspecified atom stereocenters. The van der Waals surface area contributed by atoms with Crippen molar-refractivity contribution >= 4 is 45.6 Å². The Hall–Kier alpha value is -2.33. The number of hydrogen-bond donors (Lipinski definition) is 2. The molecule has 4 nitrogen and oxygen atoms in total. The van der Waals surface area contributed by atoms with Gasteiger partial charge >= 0.3 is 0 Å². The Morgan fingerprint density at radius 3 is 2.11 bits per heavy atom. The molecule has 3 aromatic rings. The Kier molecular flexibility index (Phi) is 2.13. The van der Waals surface area contributed by atoms with Crippen molar-refractivity contribution in [1.82, 2.24) is 9.97 Å². The number of aromatic nitrogens is 2. The van der Waals surface area contributed by atoms with Crippen LogP contribution in [0.4, 0.5) is 23.0 Å². The molecule has 2 aromatic carbocycles. The zero-order chi connectivity index (χ0) is 12.8. The van der Waals surface area contributed by atoms with Crippen molar-refractivity contribution in [2.75, 3.05) is 10.6 Å². The summed E-state index contributed by atoms with van der Waals surface area (Å²) < 4.78 is 0. The average molecular weight is 269 g/mol. The van der Waals surface area contributed by atoms with E-state index in [9.17, 15) is 0 Å². The first-order chi connectivity index (χ1) is 9.29. The molecule has 2 N–H and O–H groups in total. The predicted molar refractivity (Wildman–Crippen MR) is 77.6 cm³/mol. The standard InChI is InChI=1S/C14H9ClN4/c15-8-5-6-11-12(7-8)19-14-13(18-11)16-9-3-1-2-4-10(9)17-14/h1-7H,(H,16,18)(H,17,19). The Bertz CT molecular complexity index is 801. The van der Waals surface area contributed by atoms with Gasteiger partial charge in [-0.15, -0.1) is 0 Å². The van der Waals surface area contributed by atoms with Crippen LogP contribution in [0.25, 0.3) is 11.0 Å². The van der Waals surface area contributed by atoms with Crippen LogP contribution < -0.4 is 10.6 Å². The molecule has 5 heteroatoms. The second-order valence-corrected chi connectivity index (χ2v) is 4.79. The normalized spacial score (nSPS) is 12.3. The second kappa shape index (κ2) is 3.83. The summed E-state index contributed by atoms with van der Waals surface area (Å²) in [4.78, 5) is 9.13. The molecule has 0 fully saturated rings. The lowest BCUT2D eigenvalue weighted by Crippen LogP contribution is -2.09. The van der Waals surface area contributed by atoms with Gasteiger partial charge in [-0.1, -0.05) is 23.7 Å². The highest BCUT2D eigenvalue weighted by Crippen LogP contribution is 2.38. The molecule has 0 radical (unpaired) electrons. The number of anilines is 4. The van der Waals surface area contributed by atoms with Crippen molar-refractivity contribution in [3.05, 3.63) is 47.5 Å². The van der Waals surface area contributed by atoms with Crippen LogP contribution in [-0.4, -0.2) is 9.97 Å². The van der Waals surface area contributed by atoms with E-state index in [4.69, 9.17) is 11.6 Å². The maximum atomic E-state index is 5.99. The van der Waals surface area contributed by atoms with E-state index < -0.39 is 0 Å². The topological polar surface area (TPSA) is 49.8 Å². The van der Waals surface area contributed by atoms with Crippen LogP contribution in [0.2, 0.25) is 5.02 Å². The van der Waals surface area contributed by atoms with Gasteiger partial charge in [0.1, 0.15) is 0 Å². The van der Waals surface area contributed by atoms with Crippen molar-refractivity contribution in [2.45, 2.75) is 0 Å². The number of para-hydroxylation sites is 2. The fourth-order valence-corrected chi connectivity index (χ4v) is 2.33. The Morgan fingerprint density at radius 2 is 1.42 bits per heavy atom. The summed E-state index contributed by atoms with van der Waals surface area (Å²) in [7, 11) is 0. The molecule has 0 spiro atoms. The third kappa shape index (κ3) is 1.69. The van der Waals surface area contributed by atoms with E-state index in [1.165, 1.54) is 0 Å². The highest BCUT2D eigenvalue weighted by atomic mass is 35.5. The monoisotopic (exact) mass is 268 g/mol. The fraction of sp³-hybridized carbons (Fsp3) is 0. The van der Waals surface area contributed by atoms with E-state index in [1.54, 1.807) is 0 Å². The molecule has 0 saturated carbocycles. The molecule has 0 amide bonds. The largest absolute Gasteiger partial charge is 0.335 e. The van der Waals surface area contributed by atoms with Gasteiger partial charge in [0.25, 0.3) is 0 Å². The quantitative estimate of drug-likeness (QED) is 0.504. The molecule has 1 aliphatic rings. The summed E-state index contributed by atoms with van der Waals surface area (Å²) in [6.45, 7) is 0. The number of nitrogens with zero attached hydrogens (tertiary/aromatic N) is 2. The van der Waals surface area contributed by atoms with Crippen molar-refractivity contribution in [3.8, 4) is 0 Å². The first-order valence-electron chi connectivity index (χ1n) is 5.90. The molecule has 92 valence electrons. The van der Waals surface area contributed by atoms with Crippen molar-refractivity contribution in [2.24, 2.45) is 0 Å². The predicted octanol–water partition coefficient (Wildman–Crippen LogP) is 4.08. The first-order valence-corrected chi connectivity index (χ1v) is 6.28. The zero-order valence-corrected chi connectivity index (χ0v) is 10.6. The number of hydrogen-bond acceptors (Lipinski definition) is 4. The number of fused-ring (bicyclic) bond motifs is 3. The molecular weight excluding hydrogens is 260 g/mol. The minimum atomic E-state index is 0.685. The van der Waals surface area contributed by atoms with Gasteiger partial charge in [-0.2, -0.15) is 0 Å². The molecule has 19 heavy (non-hydrogen) atoms. The molecule has 0 bridgehead atoms. The maximum absolute atomic E-state index is 5.99. The zero-order valence-electron chi connectivity index (χ0n) is 9.81. The minimum absolute atomic E-state index is 0.685. The smallest absolute Gasteiger partial charge is 0.174 e. The molecule has 2 heterocycles. The second-order valence-electron chi connectivity index (χ2n) is 4.35. The fourth-order valence-electron chi connectivity index (χ4n) is 2.16. The van der Waals surface area contributed by atoms with Crippen LogP contribution in [0.1, 0.15) is 0 Å². The van der Waals surface area contributed by atoms with Crippen LogP contribution in [0.15, 0.2) is 42.5 Å². The van der Waals surface area contributed by atoms with E-state index in [0.717, 1.165) is 28.2 Å². The van der Waals surface area contributed by atoms with Gasteiger partial charge in [-0.3, -0.25) is 0 Å². The Morgan fingerprint density at radius 1 is 0.789 bits per heavy atom. The van der Waals surface area contributed by atoms with Gasteiger partial charge < -0.3 is 10.6 Å². The average Bonchev–Trinajstić information content (AvgIpc) is 2.43. The van der Waals surface area contributed by atoms with Crippen molar-refractivity contribution in [1.29, 1.82) is 0 Å². The lowest BCUT2D eigenvalue weighted by atomic mass is 10.2. The Balaban J connectivity index is 1.90. The number of halogens is 1. The lowest BCUT2D eigenvalue weighted by molar-refractivity contribution is 1.25. The molecular formula is C14H9ClN4. The molecule has 1 aliphatic heterocycles. The summed E-state index contributed by atoms with van der Waals surface area (Å²) in [6, 6.07) is 13.4. The molecule has 1 aromatic heterocycles. The number of nitrogens with one attached hydrogen (secondary N) is 2. The van der Waals surface area contributed by atoms with Crippen LogP contribution >= 0.6 is 11.6 Å². The molecule has 0 saturated heterocycles. The number of benzene rings is 2. The number of rotatable bonds is 0. The van der Waals surface area contributed by atoms with Gasteiger partial charge in [0.05, 0.1) is 22.4 Å². The summed E-state index contributed by atoms with van der Waals surface area (Å²) in [5.41, 5.74) is 3.58. The van der Waals surface area contributed by atoms with Crippen LogP contribution in [0.3, 0.4) is 0 Å². The van der Waals surface area contributed by atoms with Gasteiger partial charge in [0, 0.05) is 5.02 Å².